The van der Waals surface area contributed by atoms with Crippen molar-refractivity contribution in [1.82, 2.24) is 14.7 Å². The number of nitrogens with zero attached hydrogens (tertiary/aromatic N) is 3. The molecule has 24 heavy (non-hydrogen) atoms. The molecule has 132 valence electrons. The summed E-state index contributed by atoms with van der Waals surface area (Å²) in [6.45, 7) is 6.72. The number of primary amides is 1. The van der Waals surface area contributed by atoms with Crippen LogP contribution in [0.15, 0.2) is 17.5 Å². The predicted molar refractivity (Wildman–Crippen MR) is 94.5 cm³/mol. The lowest BCUT2D eigenvalue weighted by Crippen LogP contribution is -2.51. The number of rotatable bonds is 5. The Labute approximate surface area is 147 Å². The molecule has 6 nitrogen and oxygen atoms in total. The van der Waals surface area contributed by atoms with Gasteiger partial charge >= 0.3 is 0 Å². The zero-order chi connectivity index (χ0) is 16.9. The Kier molecular flexibility index (Phi) is 5.86. The molecule has 2 aliphatic heterocycles. The van der Waals surface area contributed by atoms with E-state index in [0.29, 0.717) is 32.5 Å². The molecular formula is C17H26N4O2S. The maximum absolute atomic E-state index is 12.4. The van der Waals surface area contributed by atoms with E-state index in [1.165, 1.54) is 4.88 Å². The second-order valence-corrected chi connectivity index (χ2v) is 7.72. The van der Waals surface area contributed by atoms with Crippen LogP contribution in [0.2, 0.25) is 0 Å². The fourth-order valence-corrected chi connectivity index (χ4v) is 4.18. The second-order valence-electron chi connectivity index (χ2n) is 6.69. The first-order valence-electron chi connectivity index (χ1n) is 8.66. The average molecular weight is 350 g/mol. The molecule has 2 N–H and O–H groups in total. The highest BCUT2D eigenvalue weighted by molar-refractivity contribution is 7.09. The Bertz CT molecular complexity index is 547. The van der Waals surface area contributed by atoms with Gasteiger partial charge in [0.1, 0.15) is 0 Å². The van der Waals surface area contributed by atoms with Crippen LogP contribution in [0.5, 0.6) is 0 Å². The molecule has 2 saturated heterocycles. The third-order valence-corrected chi connectivity index (χ3v) is 5.89. The van der Waals surface area contributed by atoms with Crippen molar-refractivity contribution in [3.8, 4) is 0 Å². The molecule has 0 spiro atoms. The fraction of sp³-hybridized carbons (Fsp3) is 0.647. The van der Waals surface area contributed by atoms with Gasteiger partial charge in [0.15, 0.2) is 0 Å². The molecular weight excluding hydrogens is 324 g/mol. The molecule has 3 heterocycles. The largest absolute Gasteiger partial charge is 0.369 e. The van der Waals surface area contributed by atoms with Crippen molar-refractivity contribution in [2.75, 3.05) is 45.8 Å². The first-order chi connectivity index (χ1) is 11.6. The Hall–Kier alpha value is -1.44. The summed E-state index contributed by atoms with van der Waals surface area (Å²) >= 11 is 1.80. The zero-order valence-corrected chi connectivity index (χ0v) is 14.8. The van der Waals surface area contributed by atoms with E-state index in [-0.39, 0.29) is 17.7 Å². The van der Waals surface area contributed by atoms with E-state index < -0.39 is 0 Å². The predicted octanol–water partition coefficient (Wildman–Crippen LogP) is 0.590. The molecule has 0 unspecified atom stereocenters. The maximum atomic E-state index is 12.4. The number of carbonyl (C=O) groups is 2. The normalized spacial score (nSPS) is 21.1. The van der Waals surface area contributed by atoms with Crippen molar-refractivity contribution in [3.05, 3.63) is 22.4 Å². The van der Waals surface area contributed by atoms with Crippen molar-refractivity contribution in [3.63, 3.8) is 0 Å². The summed E-state index contributed by atoms with van der Waals surface area (Å²) in [5, 5.41) is 2.12. The summed E-state index contributed by atoms with van der Waals surface area (Å²) in [6.07, 6.45) is 1.41. The molecule has 1 aromatic heterocycles. The average Bonchev–Trinajstić information content (AvgIpc) is 3.09. The van der Waals surface area contributed by atoms with Crippen LogP contribution in [0.3, 0.4) is 0 Å². The van der Waals surface area contributed by atoms with Crippen molar-refractivity contribution in [1.29, 1.82) is 0 Å². The van der Waals surface area contributed by atoms with Crippen molar-refractivity contribution >= 4 is 23.2 Å². The van der Waals surface area contributed by atoms with E-state index in [1.54, 1.807) is 11.3 Å². The number of likely N-dealkylation sites (tertiary alicyclic amines) is 1. The molecule has 0 bridgehead atoms. The van der Waals surface area contributed by atoms with E-state index in [9.17, 15) is 9.59 Å². The highest BCUT2D eigenvalue weighted by Crippen LogP contribution is 2.17. The van der Waals surface area contributed by atoms with Crippen LogP contribution in [0.1, 0.15) is 17.7 Å². The molecule has 2 fully saturated rings. The lowest BCUT2D eigenvalue weighted by Gasteiger charge is -2.36. The molecule has 0 saturated carbocycles. The van der Waals surface area contributed by atoms with Crippen LogP contribution in [0.4, 0.5) is 0 Å². The van der Waals surface area contributed by atoms with Gasteiger partial charge in [-0.3, -0.25) is 19.4 Å². The third-order valence-electron chi connectivity index (χ3n) is 5.03. The quantitative estimate of drug-likeness (QED) is 0.844. The van der Waals surface area contributed by atoms with Gasteiger partial charge < -0.3 is 10.6 Å². The molecule has 0 aromatic carbocycles. The van der Waals surface area contributed by atoms with Crippen molar-refractivity contribution in [2.24, 2.45) is 11.7 Å². The SMILES string of the molecule is NC(=O)C1CCN(C(=O)CN2CCN(Cc3cccs3)CC2)CC1. The Morgan fingerprint density at radius 1 is 1.08 bits per heavy atom. The minimum atomic E-state index is -0.232. The summed E-state index contributed by atoms with van der Waals surface area (Å²) in [5.41, 5.74) is 5.34. The minimum absolute atomic E-state index is 0.0603. The van der Waals surface area contributed by atoms with E-state index in [0.717, 1.165) is 32.7 Å². The lowest BCUT2D eigenvalue weighted by molar-refractivity contribution is -0.136. The Balaban J connectivity index is 1.38. The smallest absolute Gasteiger partial charge is 0.236 e. The topological polar surface area (TPSA) is 69.9 Å². The molecule has 3 rings (SSSR count). The van der Waals surface area contributed by atoms with E-state index in [4.69, 9.17) is 5.73 Å². The van der Waals surface area contributed by atoms with E-state index in [1.807, 2.05) is 4.90 Å². The summed E-state index contributed by atoms with van der Waals surface area (Å²) in [7, 11) is 0. The lowest BCUT2D eigenvalue weighted by atomic mass is 9.96. The Morgan fingerprint density at radius 2 is 1.75 bits per heavy atom. The highest BCUT2D eigenvalue weighted by atomic mass is 32.1. The molecule has 0 aliphatic carbocycles. The van der Waals surface area contributed by atoms with E-state index in [2.05, 4.69) is 27.3 Å². The van der Waals surface area contributed by atoms with Gasteiger partial charge in [0, 0.05) is 56.6 Å². The monoisotopic (exact) mass is 350 g/mol. The number of hydrogen-bond acceptors (Lipinski definition) is 5. The molecule has 7 heteroatoms. The summed E-state index contributed by atoms with van der Waals surface area (Å²) in [4.78, 5) is 31.6. The molecule has 2 amide bonds. The van der Waals surface area contributed by atoms with Crippen LogP contribution in [-0.2, 0) is 16.1 Å². The van der Waals surface area contributed by atoms with Crippen LogP contribution in [0.25, 0.3) is 0 Å². The van der Waals surface area contributed by atoms with E-state index >= 15 is 0 Å². The molecule has 1 aromatic rings. The number of piperidine rings is 1. The highest BCUT2D eigenvalue weighted by Gasteiger charge is 2.27. The number of thiophene rings is 1. The summed E-state index contributed by atoms with van der Waals surface area (Å²) in [5.74, 6) is -0.108. The van der Waals surface area contributed by atoms with Gasteiger partial charge in [0.05, 0.1) is 6.54 Å². The molecule has 0 radical (unpaired) electrons. The first-order valence-corrected chi connectivity index (χ1v) is 9.54. The Morgan fingerprint density at radius 3 is 2.33 bits per heavy atom. The van der Waals surface area contributed by atoms with Crippen molar-refractivity contribution in [2.45, 2.75) is 19.4 Å². The number of carbonyl (C=O) groups excluding carboxylic acids is 2. The summed E-state index contributed by atoms with van der Waals surface area (Å²) < 4.78 is 0. The number of piperazine rings is 1. The summed E-state index contributed by atoms with van der Waals surface area (Å²) in [6, 6.07) is 4.27. The van der Waals surface area contributed by atoms with Crippen LogP contribution in [0, 0.1) is 5.92 Å². The van der Waals surface area contributed by atoms with Crippen molar-refractivity contribution < 1.29 is 9.59 Å². The van der Waals surface area contributed by atoms with Gasteiger partial charge in [-0.15, -0.1) is 11.3 Å². The number of nitrogens with two attached hydrogens (primary N) is 1. The molecule has 2 aliphatic rings. The standard InChI is InChI=1S/C17H26N4O2S/c18-17(23)14-3-5-21(6-4-14)16(22)13-20-9-7-19(8-10-20)12-15-2-1-11-24-15/h1-2,11,14H,3-10,12-13H2,(H2,18,23). The second kappa shape index (κ2) is 8.09. The van der Waals surface area contributed by atoms with Crippen LogP contribution in [-0.4, -0.2) is 72.3 Å². The van der Waals surface area contributed by atoms with Gasteiger partial charge in [-0.1, -0.05) is 6.07 Å². The third kappa shape index (κ3) is 4.55. The molecule has 0 atom stereocenters. The minimum Gasteiger partial charge on any atom is -0.369 e. The van der Waals surface area contributed by atoms with Gasteiger partial charge in [0.25, 0.3) is 0 Å². The van der Waals surface area contributed by atoms with Crippen LogP contribution < -0.4 is 5.73 Å². The van der Waals surface area contributed by atoms with Gasteiger partial charge in [-0.05, 0) is 24.3 Å². The van der Waals surface area contributed by atoms with Gasteiger partial charge in [-0.25, -0.2) is 0 Å². The zero-order valence-electron chi connectivity index (χ0n) is 14.0. The maximum Gasteiger partial charge on any atom is 0.236 e. The fourth-order valence-electron chi connectivity index (χ4n) is 3.43. The number of amides is 2. The first kappa shape index (κ1) is 17.4. The van der Waals surface area contributed by atoms with Gasteiger partial charge in [0.2, 0.25) is 11.8 Å². The number of hydrogen-bond donors (Lipinski definition) is 1. The van der Waals surface area contributed by atoms with Gasteiger partial charge in [-0.2, -0.15) is 0 Å². The van der Waals surface area contributed by atoms with Crippen LogP contribution >= 0.6 is 11.3 Å².